The molecule has 0 radical (unpaired) electrons. The summed E-state index contributed by atoms with van der Waals surface area (Å²) in [6.45, 7) is 10.4. The van der Waals surface area contributed by atoms with Crippen molar-refractivity contribution in [2.24, 2.45) is 5.92 Å². The van der Waals surface area contributed by atoms with Crippen LogP contribution in [0.25, 0.3) is 0 Å². The van der Waals surface area contributed by atoms with Gasteiger partial charge in [-0.1, -0.05) is 23.8 Å². The smallest absolute Gasteiger partial charge is 0.0300 e. The van der Waals surface area contributed by atoms with Crippen LogP contribution in [0, 0.1) is 12.8 Å². The molecule has 0 spiro atoms. The highest BCUT2D eigenvalue weighted by Gasteiger charge is 2.15. The van der Waals surface area contributed by atoms with E-state index in [1.54, 1.807) is 5.57 Å². The lowest BCUT2D eigenvalue weighted by Crippen LogP contribution is -2.22. The first kappa shape index (κ1) is 15.0. The second kappa shape index (κ2) is 6.85. The Bertz CT molecular complexity index is 502. The summed E-state index contributed by atoms with van der Waals surface area (Å²) >= 11 is 0. The molecular formula is C18H26N2. The summed E-state index contributed by atoms with van der Waals surface area (Å²) < 4.78 is 0. The van der Waals surface area contributed by atoms with Crippen molar-refractivity contribution >= 4 is 0 Å². The number of hydrogen-bond acceptors (Lipinski definition) is 2. The molecule has 108 valence electrons. The minimum atomic E-state index is 0.700. The zero-order chi connectivity index (χ0) is 14.5. The lowest BCUT2D eigenvalue weighted by molar-refractivity contribution is 0.344. The number of aromatic nitrogens is 1. The van der Waals surface area contributed by atoms with Crippen molar-refractivity contribution in [3.63, 3.8) is 0 Å². The summed E-state index contributed by atoms with van der Waals surface area (Å²) in [6, 6.07) is 2.12. The van der Waals surface area contributed by atoms with Crippen LogP contribution in [0.1, 0.15) is 37.3 Å². The van der Waals surface area contributed by atoms with Crippen LogP contribution in [0.4, 0.5) is 0 Å². The van der Waals surface area contributed by atoms with E-state index in [1.165, 1.54) is 36.0 Å². The van der Waals surface area contributed by atoms with Gasteiger partial charge in [-0.3, -0.25) is 9.88 Å². The largest absolute Gasteiger partial charge is 0.298 e. The fraction of sp³-hybridized carbons (Fsp3) is 0.500. The Morgan fingerprint density at radius 3 is 2.85 bits per heavy atom. The number of hydrogen-bond donors (Lipinski definition) is 0. The third-order valence-corrected chi connectivity index (χ3v) is 4.25. The standard InChI is InChI=1S/C18H26N2/c1-14(2)17-7-5-16(6-8-17)12-20(4)13-18-9-10-19-11-15(18)3/h5,9-11,17H,1,6-8,12-13H2,2-4H3/t17-/m1/s1. The van der Waals surface area contributed by atoms with Gasteiger partial charge in [-0.2, -0.15) is 0 Å². The van der Waals surface area contributed by atoms with E-state index >= 15 is 0 Å². The average Bonchev–Trinajstić information content (AvgIpc) is 2.42. The number of allylic oxidation sites excluding steroid dienone is 2. The molecule has 0 fully saturated rings. The number of likely N-dealkylation sites (N-methyl/N-ethyl adjacent to an activating group) is 1. The summed E-state index contributed by atoms with van der Waals surface area (Å²) in [5.41, 5.74) is 5.57. The first-order valence-electron chi connectivity index (χ1n) is 7.47. The van der Waals surface area contributed by atoms with Crippen molar-refractivity contribution in [1.29, 1.82) is 0 Å². The van der Waals surface area contributed by atoms with Gasteiger partial charge in [0.25, 0.3) is 0 Å². The van der Waals surface area contributed by atoms with Crippen molar-refractivity contribution in [3.8, 4) is 0 Å². The molecule has 0 amide bonds. The molecule has 0 aliphatic heterocycles. The molecule has 2 rings (SSSR count). The van der Waals surface area contributed by atoms with Crippen LogP contribution >= 0.6 is 0 Å². The van der Waals surface area contributed by atoms with Crippen molar-refractivity contribution in [3.05, 3.63) is 53.4 Å². The molecule has 1 aromatic rings. The highest BCUT2D eigenvalue weighted by Crippen LogP contribution is 2.28. The topological polar surface area (TPSA) is 16.1 Å². The van der Waals surface area contributed by atoms with Crippen LogP contribution in [0.3, 0.4) is 0 Å². The third-order valence-electron chi connectivity index (χ3n) is 4.25. The molecule has 1 aromatic heterocycles. The van der Waals surface area contributed by atoms with Gasteiger partial charge in [0, 0.05) is 25.5 Å². The molecule has 0 unspecified atom stereocenters. The Labute approximate surface area is 123 Å². The van der Waals surface area contributed by atoms with Crippen molar-refractivity contribution in [2.75, 3.05) is 13.6 Å². The zero-order valence-electron chi connectivity index (χ0n) is 13.0. The summed E-state index contributed by atoms with van der Waals surface area (Å²) in [6.07, 6.45) is 9.92. The zero-order valence-corrected chi connectivity index (χ0v) is 13.0. The van der Waals surface area contributed by atoms with Gasteiger partial charge in [-0.25, -0.2) is 0 Å². The van der Waals surface area contributed by atoms with Gasteiger partial charge in [-0.05, 0) is 63.3 Å². The van der Waals surface area contributed by atoms with Gasteiger partial charge in [-0.15, -0.1) is 0 Å². The molecule has 1 aliphatic rings. The van der Waals surface area contributed by atoms with E-state index in [1.807, 2.05) is 12.4 Å². The SMILES string of the molecule is C=C(C)[C@@H]1CC=C(CN(C)Cc2ccncc2C)CC1. The summed E-state index contributed by atoms with van der Waals surface area (Å²) in [5, 5.41) is 0. The predicted octanol–water partition coefficient (Wildman–Crippen LogP) is 4.12. The van der Waals surface area contributed by atoms with Crippen molar-refractivity contribution < 1.29 is 0 Å². The van der Waals surface area contributed by atoms with Crippen LogP contribution in [0.2, 0.25) is 0 Å². The molecule has 0 N–H and O–H groups in total. The number of nitrogens with zero attached hydrogens (tertiary/aromatic N) is 2. The highest BCUT2D eigenvalue weighted by atomic mass is 15.1. The Morgan fingerprint density at radius 1 is 1.45 bits per heavy atom. The maximum Gasteiger partial charge on any atom is 0.0300 e. The van der Waals surface area contributed by atoms with Gasteiger partial charge < -0.3 is 0 Å². The summed E-state index contributed by atoms with van der Waals surface area (Å²) in [5.74, 6) is 0.700. The lowest BCUT2D eigenvalue weighted by atomic mass is 9.85. The molecule has 20 heavy (non-hydrogen) atoms. The summed E-state index contributed by atoms with van der Waals surface area (Å²) in [4.78, 5) is 6.55. The van der Waals surface area contributed by atoms with E-state index in [2.05, 4.69) is 49.5 Å². The Hall–Kier alpha value is -1.41. The molecule has 2 nitrogen and oxygen atoms in total. The minimum Gasteiger partial charge on any atom is -0.298 e. The highest BCUT2D eigenvalue weighted by molar-refractivity contribution is 5.21. The average molecular weight is 270 g/mol. The molecule has 0 saturated heterocycles. The Balaban J connectivity index is 1.88. The number of aryl methyl sites for hydroxylation is 1. The minimum absolute atomic E-state index is 0.700. The van der Waals surface area contributed by atoms with Gasteiger partial charge in [0.2, 0.25) is 0 Å². The molecule has 1 atom stereocenters. The molecule has 0 saturated carbocycles. The van der Waals surface area contributed by atoms with E-state index in [-0.39, 0.29) is 0 Å². The maximum absolute atomic E-state index is 4.15. The first-order valence-corrected chi connectivity index (χ1v) is 7.47. The van der Waals surface area contributed by atoms with Crippen LogP contribution in [0.5, 0.6) is 0 Å². The second-order valence-corrected chi connectivity index (χ2v) is 6.15. The third kappa shape index (κ3) is 4.04. The van der Waals surface area contributed by atoms with Crippen LogP contribution in [-0.2, 0) is 6.54 Å². The fourth-order valence-electron chi connectivity index (χ4n) is 2.85. The predicted molar refractivity (Wildman–Crippen MR) is 85.5 cm³/mol. The van der Waals surface area contributed by atoms with Crippen molar-refractivity contribution in [1.82, 2.24) is 9.88 Å². The molecule has 0 aromatic carbocycles. The monoisotopic (exact) mass is 270 g/mol. The van der Waals surface area contributed by atoms with Crippen LogP contribution < -0.4 is 0 Å². The lowest BCUT2D eigenvalue weighted by Gasteiger charge is -2.25. The molecular weight excluding hydrogens is 244 g/mol. The van der Waals surface area contributed by atoms with Crippen molar-refractivity contribution in [2.45, 2.75) is 39.7 Å². The normalized spacial score (nSPS) is 19.0. The number of pyridine rings is 1. The Kier molecular flexibility index (Phi) is 5.13. The van der Waals surface area contributed by atoms with E-state index < -0.39 is 0 Å². The quantitative estimate of drug-likeness (QED) is 0.748. The maximum atomic E-state index is 4.15. The van der Waals surface area contributed by atoms with Gasteiger partial charge in [0.15, 0.2) is 0 Å². The molecule has 1 heterocycles. The fourth-order valence-corrected chi connectivity index (χ4v) is 2.85. The van der Waals surface area contributed by atoms with E-state index in [9.17, 15) is 0 Å². The van der Waals surface area contributed by atoms with E-state index in [0.717, 1.165) is 13.1 Å². The van der Waals surface area contributed by atoms with E-state index in [4.69, 9.17) is 0 Å². The first-order chi connectivity index (χ1) is 9.56. The van der Waals surface area contributed by atoms with Gasteiger partial charge in [0.1, 0.15) is 0 Å². The second-order valence-electron chi connectivity index (χ2n) is 6.15. The number of rotatable bonds is 5. The van der Waals surface area contributed by atoms with Crippen LogP contribution in [0.15, 0.2) is 42.3 Å². The van der Waals surface area contributed by atoms with Crippen LogP contribution in [-0.4, -0.2) is 23.5 Å². The summed E-state index contributed by atoms with van der Waals surface area (Å²) in [7, 11) is 2.20. The van der Waals surface area contributed by atoms with Gasteiger partial charge >= 0.3 is 0 Å². The molecule has 0 bridgehead atoms. The van der Waals surface area contributed by atoms with E-state index in [0.29, 0.717) is 5.92 Å². The molecule has 2 heteroatoms. The Morgan fingerprint density at radius 2 is 2.25 bits per heavy atom. The van der Waals surface area contributed by atoms with Gasteiger partial charge in [0.05, 0.1) is 0 Å². The molecule has 1 aliphatic carbocycles.